The van der Waals surface area contributed by atoms with Crippen LogP contribution in [0.3, 0.4) is 0 Å². The van der Waals surface area contributed by atoms with Gasteiger partial charge in [-0.2, -0.15) is 0 Å². The van der Waals surface area contributed by atoms with Crippen molar-refractivity contribution in [3.63, 3.8) is 0 Å². The summed E-state index contributed by atoms with van der Waals surface area (Å²) in [7, 11) is 4.49. The number of benzene rings is 2. The van der Waals surface area contributed by atoms with Gasteiger partial charge in [0.2, 0.25) is 0 Å². The SMILES string of the molecule is CCn1cc(OC(=O)Nc2ccccc2OC)c2cc(OC)c(OC)cc2c1=O. The number of methoxy groups -OCH3 is 3. The van der Waals surface area contributed by atoms with Crippen LogP contribution in [0.1, 0.15) is 6.92 Å². The number of nitrogens with zero attached hydrogens (tertiary/aromatic N) is 1. The quantitative estimate of drug-likeness (QED) is 0.682. The molecule has 8 heteroatoms. The fraction of sp³-hybridized carbons (Fsp3) is 0.238. The number of rotatable bonds is 6. The van der Waals surface area contributed by atoms with Crippen molar-refractivity contribution in [2.45, 2.75) is 13.5 Å². The van der Waals surface area contributed by atoms with Crippen molar-refractivity contribution in [3.8, 4) is 23.0 Å². The standard InChI is InChI=1S/C21H22N2O6/c1-5-23-12-19(29-21(25)22-15-8-6-7-9-16(15)26-2)13-10-17(27-3)18(28-4)11-14(13)20(23)24/h6-12H,5H2,1-4H3,(H,22,25). The fourth-order valence-corrected chi connectivity index (χ4v) is 2.98. The van der Waals surface area contributed by atoms with E-state index in [2.05, 4.69) is 5.32 Å². The summed E-state index contributed by atoms with van der Waals surface area (Å²) in [6, 6.07) is 10.2. The largest absolute Gasteiger partial charge is 0.495 e. The van der Waals surface area contributed by atoms with Crippen molar-refractivity contribution in [1.29, 1.82) is 0 Å². The Morgan fingerprint density at radius 3 is 2.17 bits per heavy atom. The van der Waals surface area contributed by atoms with Crippen molar-refractivity contribution >= 4 is 22.6 Å². The molecule has 0 fully saturated rings. The van der Waals surface area contributed by atoms with Crippen molar-refractivity contribution in [2.24, 2.45) is 0 Å². The molecule has 0 aliphatic rings. The zero-order valence-electron chi connectivity index (χ0n) is 16.6. The summed E-state index contributed by atoms with van der Waals surface area (Å²) in [4.78, 5) is 25.3. The topological polar surface area (TPSA) is 88.0 Å². The number of aryl methyl sites for hydroxylation is 1. The highest BCUT2D eigenvalue weighted by molar-refractivity contribution is 5.94. The van der Waals surface area contributed by atoms with Crippen LogP contribution in [0.2, 0.25) is 0 Å². The average molecular weight is 398 g/mol. The van der Waals surface area contributed by atoms with Gasteiger partial charge in [-0.3, -0.25) is 10.1 Å². The van der Waals surface area contributed by atoms with Crippen LogP contribution >= 0.6 is 0 Å². The van der Waals surface area contributed by atoms with Gasteiger partial charge in [-0.15, -0.1) is 0 Å². The Bertz CT molecular complexity index is 1110. The van der Waals surface area contributed by atoms with Crippen molar-refractivity contribution in [3.05, 3.63) is 52.9 Å². The van der Waals surface area contributed by atoms with Gasteiger partial charge in [0.1, 0.15) is 5.75 Å². The minimum atomic E-state index is -0.716. The molecule has 2 aromatic carbocycles. The second kappa shape index (κ2) is 8.55. The Hall–Kier alpha value is -3.68. The molecule has 8 nitrogen and oxygen atoms in total. The minimum absolute atomic E-state index is 0.217. The smallest absolute Gasteiger partial charge is 0.417 e. The fourth-order valence-electron chi connectivity index (χ4n) is 2.98. The predicted octanol–water partition coefficient (Wildman–Crippen LogP) is 3.66. The number of hydrogen-bond donors (Lipinski definition) is 1. The van der Waals surface area contributed by atoms with E-state index in [0.717, 1.165) is 0 Å². The molecule has 0 bridgehead atoms. The molecule has 1 N–H and O–H groups in total. The lowest BCUT2D eigenvalue weighted by atomic mass is 10.1. The van der Waals surface area contributed by atoms with E-state index in [1.807, 2.05) is 6.92 Å². The molecule has 0 radical (unpaired) electrons. The summed E-state index contributed by atoms with van der Waals surface area (Å²) in [5.41, 5.74) is 0.244. The second-order valence-corrected chi connectivity index (χ2v) is 6.05. The number of anilines is 1. The summed E-state index contributed by atoms with van der Waals surface area (Å²) in [6.07, 6.45) is 0.783. The summed E-state index contributed by atoms with van der Waals surface area (Å²) in [6.45, 7) is 2.24. The number of amides is 1. The Morgan fingerprint density at radius 1 is 0.931 bits per heavy atom. The summed E-state index contributed by atoms with van der Waals surface area (Å²) in [5.74, 6) is 1.55. The number of para-hydroxylation sites is 2. The molecular formula is C21H22N2O6. The first-order chi connectivity index (χ1) is 14.0. The van der Waals surface area contributed by atoms with Gasteiger partial charge >= 0.3 is 6.09 Å². The van der Waals surface area contributed by atoms with E-state index in [-0.39, 0.29) is 11.3 Å². The van der Waals surface area contributed by atoms with Crippen LogP contribution in [-0.2, 0) is 6.54 Å². The Kier molecular flexibility index (Phi) is 5.92. The summed E-state index contributed by atoms with van der Waals surface area (Å²) < 4.78 is 22.8. The zero-order valence-corrected chi connectivity index (χ0v) is 16.6. The number of ether oxygens (including phenoxy) is 4. The van der Waals surface area contributed by atoms with Crippen LogP contribution in [0.25, 0.3) is 10.8 Å². The number of fused-ring (bicyclic) bond motifs is 1. The van der Waals surface area contributed by atoms with Crippen LogP contribution in [0.5, 0.6) is 23.0 Å². The molecule has 0 atom stereocenters. The van der Waals surface area contributed by atoms with Gasteiger partial charge in [0.25, 0.3) is 5.56 Å². The lowest BCUT2D eigenvalue weighted by Gasteiger charge is -2.15. The van der Waals surface area contributed by atoms with Crippen molar-refractivity contribution in [1.82, 2.24) is 4.57 Å². The number of carbonyl (C=O) groups is 1. The van der Waals surface area contributed by atoms with E-state index < -0.39 is 6.09 Å². The highest BCUT2D eigenvalue weighted by Gasteiger charge is 2.17. The minimum Gasteiger partial charge on any atom is -0.495 e. The molecule has 0 aliphatic heterocycles. The van der Waals surface area contributed by atoms with Gasteiger partial charge in [0, 0.05) is 11.9 Å². The van der Waals surface area contributed by atoms with E-state index in [4.69, 9.17) is 18.9 Å². The number of nitrogens with one attached hydrogen (secondary N) is 1. The molecule has 1 aromatic heterocycles. The third-order valence-corrected chi connectivity index (χ3v) is 4.44. The van der Waals surface area contributed by atoms with Crippen LogP contribution in [0.15, 0.2) is 47.4 Å². The third kappa shape index (κ3) is 3.96. The molecule has 0 saturated carbocycles. The third-order valence-electron chi connectivity index (χ3n) is 4.44. The molecule has 29 heavy (non-hydrogen) atoms. The lowest BCUT2D eigenvalue weighted by molar-refractivity contribution is 0.215. The van der Waals surface area contributed by atoms with Crippen LogP contribution in [0.4, 0.5) is 10.5 Å². The highest BCUT2D eigenvalue weighted by atomic mass is 16.6. The Morgan fingerprint density at radius 2 is 1.55 bits per heavy atom. The zero-order chi connectivity index (χ0) is 21.0. The monoisotopic (exact) mass is 398 g/mol. The second-order valence-electron chi connectivity index (χ2n) is 6.05. The van der Waals surface area contributed by atoms with Crippen LogP contribution < -0.4 is 29.8 Å². The van der Waals surface area contributed by atoms with Gasteiger partial charge in [0.05, 0.1) is 38.6 Å². The molecule has 1 heterocycles. The van der Waals surface area contributed by atoms with E-state index in [9.17, 15) is 9.59 Å². The van der Waals surface area contributed by atoms with Crippen molar-refractivity contribution in [2.75, 3.05) is 26.6 Å². The summed E-state index contributed by atoms with van der Waals surface area (Å²) in [5, 5.41) is 3.44. The number of pyridine rings is 1. The van der Waals surface area contributed by atoms with E-state index in [0.29, 0.717) is 40.3 Å². The van der Waals surface area contributed by atoms with Gasteiger partial charge in [-0.05, 0) is 31.2 Å². The molecule has 0 spiro atoms. The van der Waals surface area contributed by atoms with E-state index >= 15 is 0 Å². The molecule has 3 rings (SSSR count). The van der Waals surface area contributed by atoms with Crippen LogP contribution in [0, 0.1) is 0 Å². The van der Waals surface area contributed by atoms with E-state index in [1.165, 1.54) is 32.1 Å². The van der Waals surface area contributed by atoms with Gasteiger partial charge in [-0.25, -0.2) is 4.79 Å². The molecule has 1 amide bonds. The first-order valence-corrected chi connectivity index (χ1v) is 8.93. The average Bonchev–Trinajstić information content (AvgIpc) is 2.75. The molecule has 152 valence electrons. The number of carbonyl (C=O) groups excluding carboxylic acids is 1. The summed E-state index contributed by atoms with van der Waals surface area (Å²) >= 11 is 0. The molecule has 0 unspecified atom stereocenters. The maximum Gasteiger partial charge on any atom is 0.417 e. The van der Waals surface area contributed by atoms with Gasteiger partial charge in [-0.1, -0.05) is 12.1 Å². The normalized spacial score (nSPS) is 10.5. The Balaban J connectivity index is 2.04. The Labute approximate surface area is 167 Å². The molecule has 0 aliphatic carbocycles. The molecule has 0 saturated heterocycles. The molecule has 3 aromatic rings. The first-order valence-electron chi connectivity index (χ1n) is 8.93. The maximum atomic E-state index is 12.7. The van der Waals surface area contributed by atoms with Gasteiger partial charge < -0.3 is 23.5 Å². The number of aromatic nitrogens is 1. The maximum absolute atomic E-state index is 12.7. The van der Waals surface area contributed by atoms with E-state index in [1.54, 1.807) is 36.4 Å². The first kappa shape index (κ1) is 20.1. The lowest BCUT2D eigenvalue weighted by Crippen LogP contribution is -2.22. The number of hydrogen-bond acceptors (Lipinski definition) is 6. The van der Waals surface area contributed by atoms with Crippen LogP contribution in [-0.4, -0.2) is 32.0 Å². The van der Waals surface area contributed by atoms with Gasteiger partial charge in [0.15, 0.2) is 17.2 Å². The predicted molar refractivity (Wildman–Crippen MR) is 110 cm³/mol. The van der Waals surface area contributed by atoms with Crippen molar-refractivity contribution < 1.29 is 23.7 Å². The molecular weight excluding hydrogens is 376 g/mol. The highest BCUT2D eigenvalue weighted by Crippen LogP contribution is 2.35.